The van der Waals surface area contributed by atoms with Crippen LogP contribution in [0.5, 0.6) is 0 Å². The monoisotopic (exact) mass is 236 g/mol. The molecule has 1 heterocycles. The Labute approximate surface area is 110 Å². The van der Waals surface area contributed by atoms with E-state index in [1.807, 2.05) is 0 Å². The van der Waals surface area contributed by atoms with Gasteiger partial charge in [-0.3, -0.25) is 0 Å². The Morgan fingerprint density at radius 1 is 1.07 bits per heavy atom. The topological polar surface area (TPSA) is 3.24 Å². The summed E-state index contributed by atoms with van der Waals surface area (Å²) in [5.74, 6) is 0. The number of hydrogen-bond acceptors (Lipinski definition) is 1. The molecule has 0 saturated carbocycles. The second kappa shape index (κ2) is 4.70. The minimum atomic E-state index is -1.06. The zero-order chi connectivity index (χ0) is 11.2. The summed E-state index contributed by atoms with van der Waals surface area (Å²) in [4.78, 5) is 0. The van der Waals surface area contributed by atoms with Crippen LogP contribution in [0.1, 0.15) is 13.8 Å². The predicted octanol–water partition coefficient (Wildman–Crippen LogP) is 2.92. The van der Waals surface area contributed by atoms with E-state index in [1.54, 1.807) is 0 Å². The molecule has 0 bridgehead atoms. The summed E-state index contributed by atoms with van der Waals surface area (Å²) in [7, 11) is -2.12. The van der Waals surface area contributed by atoms with Crippen molar-refractivity contribution in [3.05, 3.63) is 6.92 Å². The van der Waals surface area contributed by atoms with Crippen LogP contribution in [0.3, 0.4) is 0 Å². The standard InChI is InChI=1S/C11H26NSi2.Li.H/c1-11(2,3)10-12-13(4,5)8-9-14(12,6)7;;/h1,8-10H2,2-7H3;;. The van der Waals surface area contributed by atoms with Crippen molar-refractivity contribution in [2.24, 2.45) is 5.41 Å². The molecule has 4 heteroatoms. The summed E-state index contributed by atoms with van der Waals surface area (Å²) in [6, 6.07) is 3.00. The quantitative estimate of drug-likeness (QED) is 0.666. The van der Waals surface area contributed by atoms with Gasteiger partial charge in [0.1, 0.15) is 16.5 Å². The van der Waals surface area contributed by atoms with Crippen LogP contribution in [0, 0.1) is 12.3 Å². The van der Waals surface area contributed by atoms with E-state index in [-0.39, 0.29) is 24.3 Å². The Morgan fingerprint density at radius 3 is 1.67 bits per heavy atom. The zero-order valence-corrected chi connectivity index (χ0v) is 12.8. The third-order valence-electron chi connectivity index (χ3n) is 3.40. The van der Waals surface area contributed by atoms with Crippen molar-refractivity contribution in [3.63, 3.8) is 0 Å². The van der Waals surface area contributed by atoms with E-state index in [4.69, 9.17) is 0 Å². The molecule has 0 aliphatic carbocycles. The van der Waals surface area contributed by atoms with Gasteiger partial charge in [0.25, 0.3) is 0 Å². The first-order valence-corrected chi connectivity index (χ1v) is 12.0. The van der Waals surface area contributed by atoms with Crippen molar-refractivity contribution in [1.82, 2.24) is 4.23 Å². The Morgan fingerprint density at radius 2 is 1.40 bits per heavy atom. The van der Waals surface area contributed by atoms with Gasteiger partial charge in [0.2, 0.25) is 0 Å². The van der Waals surface area contributed by atoms with Gasteiger partial charge in [0.05, 0.1) is 0 Å². The molecule has 1 aliphatic rings. The summed E-state index contributed by atoms with van der Waals surface area (Å²) in [5, 5.41) is 0. The molecular weight excluding hydrogens is 209 g/mol. The number of hydrogen-bond donors (Lipinski definition) is 0. The average Bonchev–Trinajstić information content (AvgIpc) is 2.10. The summed E-state index contributed by atoms with van der Waals surface area (Å²) in [6.45, 7) is 20.1. The van der Waals surface area contributed by atoms with Gasteiger partial charge >= 0.3 is 18.9 Å². The third kappa shape index (κ3) is 4.05. The van der Waals surface area contributed by atoms with Crippen LogP contribution < -0.4 is 0 Å². The summed E-state index contributed by atoms with van der Waals surface area (Å²) < 4.78 is 2.91. The van der Waals surface area contributed by atoms with Gasteiger partial charge < -0.3 is 4.23 Å². The van der Waals surface area contributed by atoms with Gasteiger partial charge in [0.15, 0.2) is 0 Å². The van der Waals surface area contributed by atoms with E-state index < -0.39 is 16.5 Å². The first-order chi connectivity index (χ1) is 6.05. The van der Waals surface area contributed by atoms with Crippen LogP contribution >= 0.6 is 0 Å². The zero-order valence-electron chi connectivity index (χ0n) is 10.8. The van der Waals surface area contributed by atoms with Crippen molar-refractivity contribution in [2.75, 3.05) is 6.54 Å². The Balaban J connectivity index is 0.00000196. The molecule has 1 fully saturated rings. The van der Waals surface area contributed by atoms with Crippen molar-refractivity contribution >= 4 is 35.3 Å². The van der Waals surface area contributed by atoms with Crippen LogP contribution in [-0.2, 0) is 0 Å². The second-order valence-corrected chi connectivity index (χ2v) is 16.7. The molecule has 0 aromatic carbocycles. The van der Waals surface area contributed by atoms with E-state index in [9.17, 15) is 0 Å². The van der Waals surface area contributed by atoms with Crippen LogP contribution in [0.15, 0.2) is 0 Å². The molecule has 1 aliphatic heterocycles. The number of rotatable bonds is 2. The van der Waals surface area contributed by atoms with Crippen molar-refractivity contribution < 1.29 is 0 Å². The van der Waals surface area contributed by atoms with Crippen LogP contribution in [-0.4, -0.2) is 46.1 Å². The molecule has 0 spiro atoms. The maximum absolute atomic E-state index is 4.27. The van der Waals surface area contributed by atoms with Crippen LogP contribution in [0.25, 0.3) is 0 Å². The van der Waals surface area contributed by atoms with Gasteiger partial charge in [-0.2, -0.15) is 0 Å². The molecular formula is C11H27LiNSi2. The summed E-state index contributed by atoms with van der Waals surface area (Å²) >= 11 is 0. The Kier molecular flexibility index (Phi) is 5.01. The van der Waals surface area contributed by atoms with Crippen LogP contribution in [0.2, 0.25) is 38.3 Å². The Hall–Kier alpha value is 0.991. The van der Waals surface area contributed by atoms with E-state index >= 15 is 0 Å². The SMILES string of the molecule is [CH2]C(C)(C)CN1[Si](C)(C)CC[Si]1(C)C.[LiH]. The molecule has 1 nitrogen and oxygen atoms in total. The molecule has 0 aromatic heterocycles. The normalized spacial score (nSPS) is 25.0. The molecule has 15 heavy (non-hydrogen) atoms. The first-order valence-electron chi connectivity index (χ1n) is 5.68. The van der Waals surface area contributed by atoms with E-state index in [0.29, 0.717) is 0 Å². The molecule has 0 unspecified atom stereocenters. The Bertz CT molecular complexity index is 205. The average molecular weight is 236 g/mol. The summed E-state index contributed by atoms with van der Waals surface area (Å²) in [6.07, 6.45) is 0. The van der Waals surface area contributed by atoms with Gasteiger partial charge in [-0.25, -0.2) is 0 Å². The molecule has 0 atom stereocenters. The van der Waals surface area contributed by atoms with Crippen LogP contribution in [0.4, 0.5) is 0 Å². The van der Waals surface area contributed by atoms with Crippen molar-refractivity contribution in [2.45, 2.75) is 52.1 Å². The van der Waals surface area contributed by atoms with Crippen molar-refractivity contribution in [3.8, 4) is 0 Å². The summed E-state index contributed by atoms with van der Waals surface area (Å²) in [5.41, 5.74) is 0.221. The fourth-order valence-corrected chi connectivity index (χ4v) is 16.9. The van der Waals surface area contributed by atoms with Gasteiger partial charge in [0, 0.05) is 0 Å². The molecule has 0 N–H and O–H groups in total. The fourth-order valence-electron chi connectivity index (χ4n) is 2.56. The van der Waals surface area contributed by atoms with Crippen molar-refractivity contribution in [1.29, 1.82) is 0 Å². The minimum absolute atomic E-state index is 0. The molecule has 0 amide bonds. The molecule has 1 radical (unpaired) electrons. The molecule has 0 aromatic rings. The number of nitrogens with zero attached hydrogens (tertiary/aromatic N) is 1. The molecule has 85 valence electrons. The third-order valence-corrected chi connectivity index (χ3v) is 13.7. The van der Waals surface area contributed by atoms with E-state index in [2.05, 4.69) is 51.2 Å². The molecule has 1 saturated heterocycles. The van der Waals surface area contributed by atoms with E-state index in [0.717, 1.165) is 0 Å². The second-order valence-electron chi connectivity index (χ2n) is 6.88. The van der Waals surface area contributed by atoms with E-state index in [1.165, 1.54) is 18.6 Å². The predicted molar refractivity (Wildman–Crippen MR) is 77.6 cm³/mol. The maximum atomic E-state index is 4.27. The van der Waals surface area contributed by atoms with Gasteiger partial charge in [-0.1, -0.05) is 40.0 Å². The van der Waals surface area contributed by atoms with Gasteiger partial charge in [-0.05, 0) is 31.0 Å². The fraction of sp³-hybridized carbons (Fsp3) is 0.909. The molecule has 1 rings (SSSR count). The van der Waals surface area contributed by atoms with Gasteiger partial charge in [-0.15, -0.1) is 0 Å². The first kappa shape index (κ1) is 16.0.